The number of hydrogen-bond donors (Lipinski definition) is 1. The Hall–Kier alpha value is -1.06. The molecule has 0 radical (unpaired) electrons. The van der Waals surface area contributed by atoms with Crippen molar-refractivity contribution < 1.29 is 9.59 Å². The van der Waals surface area contributed by atoms with Crippen LogP contribution in [0.25, 0.3) is 0 Å². The summed E-state index contributed by atoms with van der Waals surface area (Å²) in [5.41, 5.74) is 0. The minimum absolute atomic E-state index is 0.0263. The highest BCUT2D eigenvalue weighted by Crippen LogP contribution is 2.30. The molecule has 1 aliphatic heterocycles. The molecule has 1 saturated carbocycles. The van der Waals surface area contributed by atoms with Gasteiger partial charge in [0, 0.05) is 19.0 Å². The lowest BCUT2D eigenvalue weighted by Crippen LogP contribution is -2.51. The molecule has 120 valence electrons. The Morgan fingerprint density at radius 3 is 2.43 bits per heavy atom. The maximum Gasteiger partial charge on any atom is 0.245 e. The second-order valence-electron chi connectivity index (χ2n) is 6.80. The summed E-state index contributed by atoms with van der Waals surface area (Å²) in [6, 6.07) is 0.0217. The first kappa shape index (κ1) is 16.3. The van der Waals surface area contributed by atoms with Gasteiger partial charge in [-0.1, -0.05) is 33.6 Å². The molecule has 1 N–H and O–H groups in total. The molecule has 2 fully saturated rings. The van der Waals surface area contributed by atoms with E-state index in [9.17, 15) is 9.59 Å². The molecule has 21 heavy (non-hydrogen) atoms. The number of hydrogen-bond acceptors (Lipinski definition) is 2. The van der Waals surface area contributed by atoms with Gasteiger partial charge in [0.05, 0.1) is 0 Å². The lowest BCUT2D eigenvalue weighted by Gasteiger charge is -2.37. The monoisotopic (exact) mass is 294 g/mol. The highest BCUT2D eigenvalue weighted by atomic mass is 16.2. The number of carbonyl (C=O) groups is 2. The topological polar surface area (TPSA) is 49.4 Å². The second-order valence-corrected chi connectivity index (χ2v) is 6.80. The molecule has 0 aromatic carbocycles. The van der Waals surface area contributed by atoms with Crippen LogP contribution in [0.2, 0.25) is 0 Å². The number of amides is 2. The molecule has 1 saturated heterocycles. The van der Waals surface area contributed by atoms with Crippen LogP contribution in [0.1, 0.15) is 65.7 Å². The fourth-order valence-corrected chi connectivity index (χ4v) is 3.67. The van der Waals surface area contributed by atoms with Gasteiger partial charge in [0.15, 0.2) is 0 Å². The van der Waals surface area contributed by atoms with Crippen LogP contribution in [0.3, 0.4) is 0 Å². The smallest absolute Gasteiger partial charge is 0.245 e. The molecule has 1 heterocycles. The summed E-state index contributed by atoms with van der Waals surface area (Å²) < 4.78 is 0. The van der Waals surface area contributed by atoms with Crippen molar-refractivity contribution in [3.8, 4) is 0 Å². The average Bonchev–Trinajstić information content (AvgIpc) is 2.66. The van der Waals surface area contributed by atoms with E-state index in [2.05, 4.69) is 26.1 Å². The zero-order chi connectivity index (χ0) is 15.4. The van der Waals surface area contributed by atoms with E-state index in [-0.39, 0.29) is 23.8 Å². The van der Waals surface area contributed by atoms with E-state index in [1.54, 1.807) is 0 Å². The van der Waals surface area contributed by atoms with Crippen LogP contribution in [0.4, 0.5) is 0 Å². The highest BCUT2D eigenvalue weighted by molar-refractivity contribution is 5.90. The van der Waals surface area contributed by atoms with Crippen molar-refractivity contribution in [1.29, 1.82) is 0 Å². The third kappa shape index (κ3) is 3.78. The van der Waals surface area contributed by atoms with Crippen molar-refractivity contribution in [2.75, 3.05) is 6.54 Å². The van der Waals surface area contributed by atoms with Crippen molar-refractivity contribution in [3.63, 3.8) is 0 Å². The predicted octanol–water partition coefficient (Wildman–Crippen LogP) is 2.72. The van der Waals surface area contributed by atoms with Crippen molar-refractivity contribution in [3.05, 3.63) is 0 Å². The molecule has 0 aromatic rings. The normalized spacial score (nSPS) is 32.5. The molecule has 2 unspecified atom stereocenters. The summed E-state index contributed by atoms with van der Waals surface area (Å²) in [6.45, 7) is 6.98. The standard InChI is InChI=1S/C17H30N2O2/c1-4-12(3)16-17(21)19(11-10-15(20)18-16)14-8-6-13(5-2)7-9-14/h12-14,16H,4-11H2,1-3H3,(H,18,20). The zero-order valence-corrected chi connectivity index (χ0v) is 13.7. The van der Waals surface area contributed by atoms with Crippen LogP contribution in [0, 0.1) is 11.8 Å². The van der Waals surface area contributed by atoms with E-state index >= 15 is 0 Å². The Bertz CT molecular complexity index is 375. The molecular formula is C17H30N2O2. The number of carbonyl (C=O) groups excluding carboxylic acids is 2. The first-order valence-corrected chi connectivity index (χ1v) is 8.66. The quantitative estimate of drug-likeness (QED) is 0.866. The fraction of sp³-hybridized carbons (Fsp3) is 0.882. The Kier molecular flexibility index (Phi) is 5.65. The lowest BCUT2D eigenvalue weighted by molar-refractivity contribution is -0.137. The third-order valence-electron chi connectivity index (χ3n) is 5.49. The zero-order valence-electron chi connectivity index (χ0n) is 13.7. The fourth-order valence-electron chi connectivity index (χ4n) is 3.67. The van der Waals surface area contributed by atoms with Crippen LogP contribution < -0.4 is 5.32 Å². The first-order valence-electron chi connectivity index (χ1n) is 8.66. The Balaban J connectivity index is 2.07. The van der Waals surface area contributed by atoms with Crippen molar-refractivity contribution in [2.24, 2.45) is 11.8 Å². The summed E-state index contributed by atoms with van der Waals surface area (Å²) in [5, 5.41) is 2.94. The maximum atomic E-state index is 12.9. The van der Waals surface area contributed by atoms with Gasteiger partial charge in [-0.2, -0.15) is 0 Å². The summed E-state index contributed by atoms with van der Waals surface area (Å²) in [6.07, 6.45) is 7.26. The minimum Gasteiger partial charge on any atom is -0.344 e. The summed E-state index contributed by atoms with van der Waals surface area (Å²) in [5.74, 6) is 1.20. The third-order valence-corrected chi connectivity index (χ3v) is 5.49. The predicted molar refractivity (Wildman–Crippen MR) is 83.8 cm³/mol. The molecule has 4 nitrogen and oxygen atoms in total. The van der Waals surface area contributed by atoms with Crippen LogP contribution in [0.5, 0.6) is 0 Å². The van der Waals surface area contributed by atoms with E-state index in [1.165, 1.54) is 19.3 Å². The van der Waals surface area contributed by atoms with Gasteiger partial charge in [0.2, 0.25) is 11.8 Å². The summed E-state index contributed by atoms with van der Waals surface area (Å²) in [4.78, 5) is 26.8. The molecule has 2 aliphatic rings. The number of rotatable bonds is 4. The van der Waals surface area contributed by atoms with Crippen LogP contribution in [-0.2, 0) is 9.59 Å². The molecule has 2 amide bonds. The van der Waals surface area contributed by atoms with Crippen LogP contribution >= 0.6 is 0 Å². The molecule has 0 aromatic heterocycles. The van der Waals surface area contributed by atoms with Crippen molar-refractivity contribution in [1.82, 2.24) is 10.2 Å². The van der Waals surface area contributed by atoms with Gasteiger partial charge in [-0.05, 0) is 37.5 Å². The molecule has 1 aliphatic carbocycles. The largest absolute Gasteiger partial charge is 0.344 e. The Morgan fingerprint density at radius 1 is 1.19 bits per heavy atom. The molecule has 0 bridgehead atoms. The summed E-state index contributed by atoms with van der Waals surface area (Å²) >= 11 is 0. The molecule has 2 rings (SSSR count). The SMILES string of the molecule is CCC1CCC(N2CCC(=O)NC(C(C)CC)C2=O)CC1. The number of nitrogens with zero attached hydrogens (tertiary/aromatic N) is 1. The van der Waals surface area contributed by atoms with Gasteiger partial charge < -0.3 is 10.2 Å². The average molecular weight is 294 g/mol. The van der Waals surface area contributed by atoms with E-state index in [4.69, 9.17) is 0 Å². The van der Waals surface area contributed by atoms with E-state index in [0.29, 0.717) is 19.0 Å². The van der Waals surface area contributed by atoms with E-state index < -0.39 is 0 Å². The van der Waals surface area contributed by atoms with Gasteiger partial charge in [-0.15, -0.1) is 0 Å². The molecular weight excluding hydrogens is 264 g/mol. The summed E-state index contributed by atoms with van der Waals surface area (Å²) in [7, 11) is 0. The van der Waals surface area contributed by atoms with Gasteiger partial charge in [-0.25, -0.2) is 0 Å². The highest BCUT2D eigenvalue weighted by Gasteiger charge is 2.37. The van der Waals surface area contributed by atoms with E-state index in [0.717, 1.165) is 25.2 Å². The van der Waals surface area contributed by atoms with Crippen molar-refractivity contribution >= 4 is 11.8 Å². The maximum absolute atomic E-state index is 12.9. The van der Waals surface area contributed by atoms with Gasteiger partial charge in [0.1, 0.15) is 6.04 Å². The Morgan fingerprint density at radius 2 is 1.86 bits per heavy atom. The van der Waals surface area contributed by atoms with E-state index in [1.807, 2.05) is 4.90 Å². The lowest BCUT2D eigenvalue weighted by atomic mass is 9.83. The molecule has 2 atom stereocenters. The minimum atomic E-state index is -0.325. The second kappa shape index (κ2) is 7.28. The first-order chi connectivity index (χ1) is 10.1. The molecule has 0 spiro atoms. The van der Waals surface area contributed by atoms with Gasteiger partial charge >= 0.3 is 0 Å². The van der Waals surface area contributed by atoms with Gasteiger partial charge in [-0.3, -0.25) is 9.59 Å². The molecule has 4 heteroatoms. The van der Waals surface area contributed by atoms with Gasteiger partial charge in [0.25, 0.3) is 0 Å². The van der Waals surface area contributed by atoms with Crippen molar-refractivity contribution in [2.45, 2.75) is 77.8 Å². The van der Waals surface area contributed by atoms with Crippen LogP contribution in [0.15, 0.2) is 0 Å². The number of nitrogens with one attached hydrogen (secondary N) is 1. The Labute approximate surface area is 128 Å². The van der Waals surface area contributed by atoms with Crippen LogP contribution in [-0.4, -0.2) is 35.3 Å².